The van der Waals surface area contributed by atoms with Crippen molar-refractivity contribution >= 4 is 17.3 Å². The van der Waals surface area contributed by atoms with Crippen LogP contribution in [0.5, 0.6) is 5.75 Å². The first kappa shape index (κ1) is 20.8. The standard InChI is InChI=1S/C24H25FN4O2/c1-31-22-8-3-2-7-21(22)29-13-11-28(12-14-29)17-18-5-4-6-20(15-18)27-24(30)19-9-10-23(25)26-16-19/h2-10,15-16H,11-14,17H2,1H3,(H,27,30)/i25-1. The summed E-state index contributed by atoms with van der Waals surface area (Å²) in [5.41, 5.74) is 3.28. The third-order valence-electron chi connectivity index (χ3n) is 5.38. The number of rotatable bonds is 6. The lowest BCUT2D eigenvalue weighted by molar-refractivity contribution is 0.102. The van der Waals surface area contributed by atoms with Crippen molar-refractivity contribution in [2.24, 2.45) is 0 Å². The van der Waals surface area contributed by atoms with Gasteiger partial charge in [-0.25, -0.2) is 4.98 Å². The number of pyridine rings is 1. The molecule has 7 heteroatoms. The molecular weight excluding hydrogens is 394 g/mol. The normalized spacial score (nSPS) is 14.3. The van der Waals surface area contributed by atoms with E-state index >= 15 is 0 Å². The van der Waals surface area contributed by atoms with Gasteiger partial charge in [-0.1, -0.05) is 24.3 Å². The van der Waals surface area contributed by atoms with Crippen LogP contribution in [-0.4, -0.2) is 49.1 Å². The van der Waals surface area contributed by atoms with Gasteiger partial charge in [0.05, 0.1) is 18.4 Å². The highest BCUT2D eigenvalue weighted by Gasteiger charge is 2.19. The van der Waals surface area contributed by atoms with E-state index in [-0.39, 0.29) is 5.91 Å². The highest BCUT2D eigenvalue weighted by molar-refractivity contribution is 6.04. The van der Waals surface area contributed by atoms with Crippen molar-refractivity contribution < 1.29 is 13.9 Å². The Morgan fingerprint density at radius 1 is 1.06 bits per heavy atom. The van der Waals surface area contributed by atoms with E-state index in [1.165, 1.54) is 18.3 Å². The summed E-state index contributed by atoms with van der Waals surface area (Å²) in [6, 6.07) is 18.5. The van der Waals surface area contributed by atoms with Gasteiger partial charge >= 0.3 is 0 Å². The predicted octanol–water partition coefficient (Wildman–Crippen LogP) is 3.80. The van der Waals surface area contributed by atoms with E-state index < -0.39 is 5.95 Å². The molecule has 31 heavy (non-hydrogen) atoms. The van der Waals surface area contributed by atoms with Crippen molar-refractivity contribution in [1.82, 2.24) is 9.88 Å². The fourth-order valence-electron chi connectivity index (χ4n) is 3.76. The van der Waals surface area contributed by atoms with Gasteiger partial charge in [0.2, 0.25) is 5.95 Å². The third kappa shape index (κ3) is 5.19. The number of para-hydroxylation sites is 2. The molecule has 1 aliphatic rings. The predicted molar refractivity (Wildman–Crippen MR) is 119 cm³/mol. The number of carbonyl (C=O) groups excluding carboxylic acids is 1. The second-order valence-electron chi connectivity index (χ2n) is 7.46. The lowest BCUT2D eigenvalue weighted by atomic mass is 10.1. The molecule has 0 unspecified atom stereocenters. The van der Waals surface area contributed by atoms with Gasteiger partial charge in [-0.15, -0.1) is 0 Å². The number of amides is 1. The van der Waals surface area contributed by atoms with Crippen LogP contribution in [0.3, 0.4) is 0 Å². The van der Waals surface area contributed by atoms with Gasteiger partial charge in [-0.2, -0.15) is 4.39 Å². The Morgan fingerprint density at radius 2 is 1.87 bits per heavy atom. The third-order valence-corrected chi connectivity index (χ3v) is 5.38. The monoisotopic (exact) mass is 419 g/mol. The molecule has 1 fully saturated rings. The van der Waals surface area contributed by atoms with Gasteiger partial charge in [-0.05, 0) is 42.0 Å². The maximum Gasteiger partial charge on any atom is 0.257 e. The number of anilines is 2. The summed E-state index contributed by atoms with van der Waals surface area (Å²) in [4.78, 5) is 20.6. The maximum atomic E-state index is 13.0. The first-order valence-electron chi connectivity index (χ1n) is 10.2. The van der Waals surface area contributed by atoms with Crippen molar-refractivity contribution in [3.63, 3.8) is 0 Å². The Kier molecular flexibility index (Phi) is 6.43. The van der Waals surface area contributed by atoms with Crippen molar-refractivity contribution in [1.29, 1.82) is 0 Å². The van der Waals surface area contributed by atoms with E-state index in [4.69, 9.17) is 4.74 Å². The SMILES string of the molecule is COc1ccccc1N1CCN(Cc2cccc(NC(=O)c3ccc([18F])nc3)c2)CC1. The van der Waals surface area contributed by atoms with Crippen LogP contribution < -0.4 is 15.0 Å². The zero-order valence-corrected chi connectivity index (χ0v) is 17.4. The first-order chi connectivity index (χ1) is 15.1. The van der Waals surface area contributed by atoms with E-state index in [0.717, 1.165) is 49.7 Å². The van der Waals surface area contributed by atoms with Crippen LogP contribution in [0.25, 0.3) is 0 Å². The Hall–Kier alpha value is -3.45. The zero-order chi connectivity index (χ0) is 21.6. The van der Waals surface area contributed by atoms with Gasteiger partial charge < -0.3 is 15.0 Å². The minimum absolute atomic E-state index is 0.310. The Labute approximate surface area is 181 Å². The smallest absolute Gasteiger partial charge is 0.257 e. The number of hydrogen-bond acceptors (Lipinski definition) is 5. The van der Waals surface area contributed by atoms with Crippen LogP contribution in [-0.2, 0) is 6.54 Å². The Bertz CT molecular complexity index is 1030. The lowest BCUT2D eigenvalue weighted by Gasteiger charge is -2.36. The van der Waals surface area contributed by atoms with Crippen LogP contribution >= 0.6 is 0 Å². The number of nitrogens with zero attached hydrogens (tertiary/aromatic N) is 3. The number of nitrogens with one attached hydrogen (secondary N) is 1. The number of carbonyl (C=O) groups is 1. The Balaban J connectivity index is 1.34. The molecule has 160 valence electrons. The van der Waals surface area contributed by atoms with Gasteiger partial charge in [0.25, 0.3) is 5.91 Å². The summed E-state index contributed by atoms with van der Waals surface area (Å²) in [5, 5.41) is 2.85. The van der Waals surface area contributed by atoms with Gasteiger partial charge in [0.15, 0.2) is 0 Å². The molecule has 2 aromatic carbocycles. The van der Waals surface area contributed by atoms with Crippen LogP contribution in [0, 0.1) is 5.95 Å². The van der Waals surface area contributed by atoms with Crippen LogP contribution in [0.2, 0.25) is 0 Å². The van der Waals surface area contributed by atoms with Crippen molar-refractivity contribution in [3.05, 3.63) is 83.9 Å². The average Bonchev–Trinajstić information content (AvgIpc) is 2.80. The van der Waals surface area contributed by atoms with Crippen LogP contribution in [0.15, 0.2) is 66.9 Å². The molecular formula is C24H25FN4O2. The minimum atomic E-state index is -0.607. The zero-order valence-electron chi connectivity index (χ0n) is 17.4. The fraction of sp³-hybridized carbons (Fsp3) is 0.250. The van der Waals surface area contributed by atoms with E-state index in [1.54, 1.807) is 7.11 Å². The molecule has 0 bridgehead atoms. The number of halogens is 1. The second kappa shape index (κ2) is 9.57. The second-order valence-corrected chi connectivity index (χ2v) is 7.46. The van der Waals surface area contributed by atoms with E-state index in [9.17, 15) is 9.18 Å². The Morgan fingerprint density at radius 3 is 2.61 bits per heavy atom. The van der Waals surface area contributed by atoms with Gasteiger partial charge in [-0.3, -0.25) is 9.69 Å². The fourth-order valence-corrected chi connectivity index (χ4v) is 3.76. The van der Waals surface area contributed by atoms with Gasteiger partial charge in [0.1, 0.15) is 5.75 Å². The van der Waals surface area contributed by atoms with Crippen molar-refractivity contribution in [2.75, 3.05) is 43.5 Å². The van der Waals surface area contributed by atoms with Gasteiger partial charge in [0, 0.05) is 44.6 Å². The molecule has 0 atom stereocenters. The lowest BCUT2D eigenvalue weighted by Crippen LogP contribution is -2.46. The molecule has 0 spiro atoms. The highest BCUT2D eigenvalue weighted by atomic mass is 18.2. The molecule has 1 aromatic heterocycles. The molecule has 1 N–H and O–H groups in total. The summed E-state index contributed by atoms with van der Waals surface area (Å²) in [6.07, 6.45) is 1.23. The van der Waals surface area contributed by atoms with E-state index in [0.29, 0.717) is 11.3 Å². The summed E-state index contributed by atoms with van der Waals surface area (Å²) in [7, 11) is 1.70. The molecule has 2 heterocycles. The van der Waals surface area contributed by atoms with Crippen molar-refractivity contribution in [2.45, 2.75) is 6.54 Å². The summed E-state index contributed by atoms with van der Waals surface area (Å²) in [6.45, 7) is 4.54. The quantitative estimate of drug-likeness (QED) is 0.616. The number of piperazine rings is 1. The summed E-state index contributed by atoms with van der Waals surface area (Å²) in [5.74, 6) is -0.0184. The van der Waals surface area contributed by atoms with E-state index in [2.05, 4.69) is 32.2 Å². The molecule has 1 saturated heterocycles. The molecule has 0 saturated carbocycles. The molecule has 1 aliphatic heterocycles. The maximum absolute atomic E-state index is 13.0. The molecule has 3 aromatic rings. The molecule has 1 amide bonds. The summed E-state index contributed by atoms with van der Waals surface area (Å²) >= 11 is 0. The summed E-state index contributed by atoms with van der Waals surface area (Å²) < 4.78 is 18.4. The molecule has 0 aliphatic carbocycles. The number of hydrogen-bond donors (Lipinski definition) is 1. The number of aromatic nitrogens is 1. The van der Waals surface area contributed by atoms with E-state index in [1.807, 2.05) is 36.4 Å². The van der Waals surface area contributed by atoms with Crippen LogP contribution in [0.4, 0.5) is 15.8 Å². The van der Waals surface area contributed by atoms with Crippen LogP contribution in [0.1, 0.15) is 15.9 Å². The highest BCUT2D eigenvalue weighted by Crippen LogP contribution is 2.28. The first-order valence-corrected chi connectivity index (χ1v) is 10.2. The van der Waals surface area contributed by atoms with Crippen molar-refractivity contribution in [3.8, 4) is 5.75 Å². The number of ether oxygens (including phenoxy) is 1. The largest absolute Gasteiger partial charge is 0.495 e. The average molecular weight is 419 g/mol. The number of methoxy groups -OCH3 is 1. The number of benzene rings is 2. The minimum Gasteiger partial charge on any atom is -0.495 e. The molecule has 4 rings (SSSR count). The topological polar surface area (TPSA) is 57.7 Å². The molecule has 0 radical (unpaired) electrons. The molecule has 6 nitrogen and oxygen atoms in total.